The van der Waals surface area contributed by atoms with Crippen molar-refractivity contribution in [3.05, 3.63) is 0 Å². The van der Waals surface area contributed by atoms with Crippen molar-refractivity contribution in [3.8, 4) is 0 Å². The van der Waals surface area contributed by atoms with Gasteiger partial charge in [-0.3, -0.25) is 4.79 Å². The molecule has 0 N–H and O–H groups in total. The third-order valence-corrected chi connectivity index (χ3v) is 2.47. The maximum Gasteiger partial charge on any atom is 0.317 e. The van der Waals surface area contributed by atoms with Gasteiger partial charge in [-0.2, -0.15) is 0 Å². The summed E-state index contributed by atoms with van der Waals surface area (Å²) in [5.41, 5.74) is -0.168. The van der Waals surface area contributed by atoms with E-state index in [9.17, 15) is 4.79 Å². The monoisotopic (exact) mass is 239 g/mol. The molecule has 0 aromatic carbocycles. The van der Waals surface area contributed by atoms with Crippen LogP contribution >= 0.6 is 23.2 Å². The minimum absolute atomic E-state index is 0.130. The molecule has 0 aliphatic carbocycles. The van der Waals surface area contributed by atoms with Crippen molar-refractivity contribution in [2.45, 2.75) is 46.6 Å². The van der Waals surface area contributed by atoms with Gasteiger partial charge in [-0.15, -0.1) is 11.6 Å². The van der Waals surface area contributed by atoms with Crippen LogP contribution in [-0.2, 0) is 0 Å². The molecule has 14 heavy (non-hydrogen) atoms. The minimum atomic E-state index is -0.491. The summed E-state index contributed by atoms with van der Waals surface area (Å²) in [7, 11) is 0. The molecule has 0 saturated heterocycles. The van der Waals surface area contributed by atoms with Crippen LogP contribution in [0.15, 0.2) is 0 Å². The summed E-state index contributed by atoms with van der Waals surface area (Å²) in [6, 6.07) is 0.130. The van der Waals surface area contributed by atoms with Crippen molar-refractivity contribution in [1.82, 2.24) is 4.90 Å². The van der Waals surface area contributed by atoms with Gasteiger partial charge in [0.15, 0.2) is 0 Å². The maximum atomic E-state index is 11.1. The number of hydrogen-bond acceptors (Lipinski definition) is 1. The Morgan fingerprint density at radius 1 is 1.21 bits per heavy atom. The van der Waals surface area contributed by atoms with E-state index in [0.717, 1.165) is 6.42 Å². The van der Waals surface area contributed by atoms with Gasteiger partial charge in [0.2, 0.25) is 0 Å². The quantitative estimate of drug-likeness (QED) is 0.414. The minimum Gasteiger partial charge on any atom is -0.310 e. The van der Waals surface area contributed by atoms with E-state index in [2.05, 4.69) is 20.8 Å². The highest BCUT2D eigenvalue weighted by Crippen LogP contribution is 2.32. The summed E-state index contributed by atoms with van der Waals surface area (Å²) in [6.07, 6.45) is 0.852. The van der Waals surface area contributed by atoms with E-state index in [0.29, 0.717) is 0 Å². The van der Waals surface area contributed by atoms with E-state index < -0.39 is 5.37 Å². The van der Waals surface area contributed by atoms with Crippen LogP contribution in [0.3, 0.4) is 0 Å². The largest absolute Gasteiger partial charge is 0.317 e. The number of nitrogens with zero attached hydrogens (tertiary/aromatic N) is 1. The molecule has 0 saturated carbocycles. The van der Waals surface area contributed by atoms with Crippen molar-refractivity contribution >= 4 is 28.6 Å². The number of rotatable bonds is 3. The lowest BCUT2D eigenvalue weighted by Gasteiger charge is -2.40. The summed E-state index contributed by atoms with van der Waals surface area (Å²) in [4.78, 5) is 12.6. The van der Waals surface area contributed by atoms with Gasteiger partial charge in [-0.05, 0) is 37.3 Å². The van der Waals surface area contributed by atoms with E-state index in [1.54, 1.807) is 0 Å². The van der Waals surface area contributed by atoms with Crippen LogP contribution in [0, 0.1) is 5.41 Å². The van der Waals surface area contributed by atoms with E-state index >= 15 is 0 Å². The number of carbonyl (C=O) groups excluding carboxylic acids is 1. The highest BCUT2D eigenvalue weighted by molar-refractivity contribution is 6.63. The number of halogens is 2. The fourth-order valence-corrected chi connectivity index (χ4v) is 2.62. The molecule has 0 rings (SSSR count). The molecule has 4 heteroatoms. The van der Waals surface area contributed by atoms with Crippen molar-refractivity contribution in [2.75, 3.05) is 6.00 Å². The third kappa shape index (κ3) is 4.52. The fraction of sp³-hybridized carbons (Fsp3) is 0.900. The lowest BCUT2D eigenvalue weighted by molar-refractivity contribution is 0.129. The SMILES string of the molecule is CC(C)(C)CC(C)(C)N(CCl)C(=O)Cl. The first-order valence-corrected chi connectivity index (χ1v) is 5.54. The molecule has 0 aromatic rings. The van der Waals surface area contributed by atoms with Gasteiger partial charge in [0, 0.05) is 5.54 Å². The second kappa shape index (κ2) is 4.71. The Bertz CT molecular complexity index is 209. The predicted molar refractivity (Wildman–Crippen MR) is 62.0 cm³/mol. The summed E-state index contributed by atoms with van der Waals surface area (Å²) in [5.74, 6) is 0. The van der Waals surface area contributed by atoms with Gasteiger partial charge >= 0.3 is 5.37 Å². The van der Waals surface area contributed by atoms with Gasteiger partial charge in [0.1, 0.15) is 0 Å². The number of alkyl halides is 1. The average Bonchev–Trinajstić information content (AvgIpc) is 1.79. The van der Waals surface area contributed by atoms with Crippen LogP contribution in [0.4, 0.5) is 4.79 Å². The molecule has 0 fully saturated rings. The Morgan fingerprint density at radius 2 is 1.64 bits per heavy atom. The van der Waals surface area contributed by atoms with Crippen LogP contribution in [0.25, 0.3) is 0 Å². The molecular weight excluding hydrogens is 221 g/mol. The molecular formula is C10H19Cl2NO. The summed E-state index contributed by atoms with van der Waals surface area (Å²) in [5, 5.41) is -0.491. The molecule has 0 bridgehead atoms. The first kappa shape index (κ1) is 14.1. The highest BCUT2D eigenvalue weighted by atomic mass is 35.5. The second-order valence-electron chi connectivity index (χ2n) is 5.35. The van der Waals surface area contributed by atoms with Crippen LogP contribution in [0.5, 0.6) is 0 Å². The number of amides is 1. The van der Waals surface area contributed by atoms with E-state index in [4.69, 9.17) is 23.2 Å². The van der Waals surface area contributed by atoms with Gasteiger partial charge in [-0.1, -0.05) is 20.8 Å². The van der Waals surface area contributed by atoms with E-state index in [1.807, 2.05) is 13.8 Å². The van der Waals surface area contributed by atoms with Crippen molar-refractivity contribution in [1.29, 1.82) is 0 Å². The molecule has 0 aliphatic rings. The molecule has 0 unspecified atom stereocenters. The van der Waals surface area contributed by atoms with Gasteiger partial charge in [0.25, 0.3) is 0 Å². The Balaban J connectivity index is 4.65. The molecule has 0 radical (unpaired) electrons. The van der Waals surface area contributed by atoms with E-state index in [1.165, 1.54) is 4.90 Å². The van der Waals surface area contributed by atoms with E-state index in [-0.39, 0.29) is 17.0 Å². The molecule has 2 nitrogen and oxygen atoms in total. The fourth-order valence-electron chi connectivity index (χ4n) is 1.84. The summed E-state index contributed by atoms with van der Waals surface area (Å²) in [6.45, 7) is 10.3. The zero-order valence-corrected chi connectivity index (χ0v) is 11.0. The predicted octanol–water partition coefficient (Wildman–Crippen LogP) is 4.06. The topological polar surface area (TPSA) is 20.3 Å². The average molecular weight is 240 g/mol. The van der Waals surface area contributed by atoms with Crippen LogP contribution in [0.2, 0.25) is 0 Å². The zero-order chi connectivity index (χ0) is 11.6. The van der Waals surface area contributed by atoms with Crippen molar-refractivity contribution < 1.29 is 4.79 Å². The first-order chi connectivity index (χ1) is 6.10. The standard InChI is InChI=1S/C10H19Cl2NO/c1-9(2,3)6-10(4,5)13(7-11)8(12)14/h6-7H2,1-5H3. The number of carbonyl (C=O) groups is 1. The Hall–Kier alpha value is 0.0500. The molecule has 0 aliphatic heterocycles. The molecule has 0 heterocycles. The lowest BCUT2D eigenvalue weighted by Crippen LogP contribution is -2.47. The highest BCUT2D eigenvalue weighted by Gasteiger charge is 2.33. The molecule has 1 amide bonds. The molecule has 0 spiro atoms. The van der Waals surface area contributed by atoms with Crippen molar-refractivity contribution in [3.63, 3.8) is 0 Å². The van der Waals surface area contributed by atoms with Crippen LogP contribution < -0.4 is 0 Å². The molecule has 0 atom stereocenters. The molecule has 0 aromatic heterocycles. The summed E-state index contributed by atoms with van der Waals surface area (Å²) >= 11 is 11.2. The van der Waals surface area contributed by atoms with Gasteiger partial charge < -0.3 is 4.90 Å². The maximum absolute atomic E-state index is 11.1. The van der Waals surface area contributed by atoms with Gasteiger partial charge in [0.05, 0.1) is 6.00 Å². The van der Waals surface area contributed by atoms with Crippen molar-refractivity contribution in [2.24, 2.45) is 5.41 Å². The van der Waals surface area contributed by atoms with Crippen LogP contribution in [0.1, 0.15) is 41.0 Å². The third-order valence-electron chi connectivity index (χ3n) is 2.03. The second-order valence-corrected chi connectivity index (χ2v) is 5.91. The smallest absolute Gasteiger partial charge is 0.310 e. The lowest BCUT2D eigenvalue weighted by atomic mass is 9.81. The Labute approximate surface area is 96.6 Å². The number of hydrogen-bond donors (Lipinski definition) is 0. The zero-order valence-electron chi connectivity index (χ0n) is 9.53. The normalized spacial score (nSPS) is 12.8. The summed E-state index contributed by atoms with van der Waals surface area (Å²) < 4.78 is 0. The Kier molecular flexibility index (Phi) is 4.73. The first-order valence-electron chi connectivity index (χ1n) is 4.63. The Morgan fingerprint density at radius 3 is 1.86 bits per heavy atom. The van der Waals surface area contributed by atoms with Gasteiger partial charge in [-0.25, -0.2) is 0 Å². The van der Waals surface area contributed by atoms with Crippen LogP contribution in [-0.4, -0.2) is 21.8 Å². The molecule has 84 valence electrons.